The topological polar surface area (TPSA) is 29.5 Å². The molecule has 1 N–H and O–H groups in total. The Balaban J connectivity index is 2.56. The van der Waals surface area contributed by atoms with E-state index >= 15 is 0 Å². The molecule has 0 aliphatic carbocycles. The molecule has 0 fully saturated rings. The van der Waals surface area contributed by atoms with E-state index in [0.29, 0.717) is 6.51 Å². The Bertz CT molecular complexity index is 48.2. The number of aliphatic hydroxyl groups is 1. The molecule has 0 saturated carbocycles. The van der Waals surface area contributed by atoms with Crippen molar-refractivity contribution >= 4 is 20.9 Å². The van der Waals surface area contributed by atoms with E-state index in [2.05, 4.69) is 4.74 Å². The van der Waals surface area contributed by atoms with Crippen molar-refractivity contribution in [2.75, 3.05) is 13.0 Å². The van der Waals surface area contributed by atoms with Crippen molar-refractivity contribution in [2.24, 2.45) is 0 Å². The third-order valence-corrected chi connectivity index (χ3v) is 0.439. The fourth-order valence-corrected chi connectivity index (χ4v) is 0.176. The summed E-state index contributed by atoms with van der Waals surface area (Å²) in [5, 5.41) is 8.10. The molecular weight excluding hydrogens is 89.7 g/mol. The van der Waals surface area contributed by atoms with Crippen molar-refractivity contribution < 1.29 is 9.84 Å². The minimum absolute atomic E-state index is 0.0356. The normalized spacial score (nSPS) is 7.43. The van der Waals surface area contributed by atoms with Gasteiger partial charge in [-0.05, 0) is 0 Å². The molecule has 0 rings (SSSR count). The Morgan fingerprint density at radius 1 is 1.86 bits per heavy atom. The number of hydrogen-bond acceptors (Lipinski definition) is 2. The van der Waals surface area contributed by atoms with Crippen LogP contribution >= 0.6 is 0 Å². The minimum atomic E-state index is 0.0356. The first-order valence-electron chi connectivity index (χ1n) is 1.99. The maximum atomic E-state index is 8.10. The molecule has 0 aliphatic heterocycles. The molecule has 0 aliphatic rings. The van der Waals surface area contributed by atoms with E-state index in [1.165, 1.54) is 0 Å². The van der Waals surface area contributed by atoms with E-state index < -0.39 is 0 Å². The second kappa shape index (κ2) is 5.76. The number of aliphatic hydroxyl groups excluding tert-OH is 1. The Labute approximate surface area is 44.8 Å². The van der Waals surface area contributed by atoms with E-state index in [1.54, 1.807) is 7.28 Å². The van der Waals surface area contributed by atoms with Gasteiger partial charge in [0, 0.05) is 0 Å². The summed E-state index contributed by atoms with van der Waals surface area (Å²) in [5.74, 6) is 0. The van der Waals surface area contributed by atoms with Crippen LogP contribution in [0.5, 0.6) is 0 Å². The van der Waals surface area contributed by atoms with Gasteiger partial charge in [-0.1, -0.05) is 0 Å². The zero-order chi connectivity index (χ0) is 5.54. The molecule has 0 atom stereocenters. The monoisotopic (exact) mass is 96.1 g/mol. The summed E-state index contributed by atoms with van der Waals surface area (Å²) >= 11 is 0. The molecule has 0 aromatic rings. The molecule has 0 heterocycles. The van der Waals surface area contributed by atoms with Crippen molar-refractivity contribution in [1.29, 1.82) is 0 Å². The maximum absolute atomic E-state index is 8.10. The van der Waals surface area contributed by atoms with Crippen LogP contribution in [-0.2, 0) is 4.74 Å². The van der Waals surface area contributed by atoms with Gasteiger partial charge in [0.05, 0.1) is 0 Å². The van der Waals surface area contributed by atoms with E-state index in [4.69, 9.17) is 12.6 Å². The van der Waals surface area contributed by atoms with Crippen LogP contribution in [-0.4, -0.2) is 39.0 Å². The zero-order valence-electron chi connectivity index (χ0n) is 4.00. The van der Waals surface area contributed by atoms with Crippen LogP contribution in [0.2, 0.25) is 0 Å². The molecule has 0 aromatic carbocycles. The van der Waals surface area contributed by atoms with Gasteiger partial charge in [-0.3, -0.25) is 0 Å². The molecule has 7 heavy (non-hydrogen) atoms. The summed E-state index contributed by atoms with van der Waals surface area (Å²) in [6.07, 6.45) is 1.09. The second-order valence-electron chi connectivity index (χ2n) is 0.941. The predicted molar refractivity (Wildman–Crippen MR) is 30.6 cm³/mol. The molecule has 0 spiro atoms. The SMILES string of the molecule is [B]=COC[B]CO. The summed E-state index contributed by atoms with van der Waals surface area (Å²) < 4.78 is 4.51. The van der Waals surface area contributed by atoms with Gasteiger partial charge >= 0.3 is 43.8 Å². The fraction of sp³-hybridized carbons (Fsp3) is 0.667. The molecule has 0 unspecified atom stereocenters. The third-order valence-electron chi connectivity index (χ3n) is 0.439. The van der Waals surface area contributed by atoms with Crippen molar-refractivity contribution in [3.63, 3.8) is 0 Å². The van der Waals surface area contributed by atoms with Crippen molar-refractivity contribution in [1.82, 2.24) is 0 Å². The first-order chi connectivity index (χ1) is 3.41. The van der Waals surface area contributed by atoms with Gasteiger partial charge in [0.25, 0.3) is 0 Å². The molecule has 36 valence electrons. The van der Waals surface area contributed by atoms with Gasteiger partial charge in [0.2, 0.25) is 0 Å². The number of ether oxygens (including phenoxy) is 1. The van der Waals surface area contributed by atoms with Crippen molar-refractivity contribution in [3.05, 3.63) is 0 Å². The van der Waals surface area contributed by atoms with Gasteiger partial charge < -0.3 is 0 Å². The molecule has 0 amide bonds. The molecule has 0 aromatic heterocycles. The summed E-state index contributed by atoms with van der Waals surface area (Å²) in [6.45, 7) is 0.418. The van der Waals surface area contributed by atoms with Crippen LogP contribution in [0, 0.1) is 0 Å². The standard InChI is InChI=1S/C3H6B2O2/c4-1-7-3-5-2-6/h1,6H,2-3H2. The third kappa shape index (κ3) is 5.76. The predicted octanol–water partition coefficient (Wildman–Crippen LogP) is -1.46. The van der Waals surface area contributed by atoms with Crippen LogP contribution in [0.4, 0.5) is 0 Å². The summed E-state index contributed by atoms with van der Waals surface area (Å²) in [6, 6.07) is 0. The Kier molecular flexibility index (Phi) is 5.56. The second-order valence-corrected chi connectivity index (χ2v) is 0.941. The van der Waals surface area contributed by atoms with Crippen LogP contribution in [0.25, 0.3) is 0 Å². The van der Waals surface area contributed by atoms with E-state index in [1.807, 2.05) is 0 Å². The van der Waals surface area contributed by atoms with Gasteiger partial charge in [0.15, 0.2) is 0 Å². The molecule has 2 nitrogen and oxygen atoms in total. The van der Waals surface area contributed by atoms with Gasteiger partial charge in [-0.25, -0.2) is 0 Å². The average molecular weight is 95.7 g/mol. The average Bonchev–Trinajstić information content (AvgIpc) is 1.69. The van der Waals surface area contributed by atoms with E-state index in [9.17, 15) is 0 Å². The molecule has 0 bridgehead atoms. The Morgan fingerprint density at radius 2 is 2.57 bits per heavy atom. The number of hydrogen-bond donors (Lipinski definition) is 1. The van der Waals surface area contributed by atoms with Crippen molar-refractivity contribution in [3.8, 4) is 0 Å². The van der Waals surface area contributed by atoms with E-state index in [-0.39, 0.29) is 6.51 Å². The first kappa shape index (κ1) is 6.76. The quantitative estimate of drug-likeness (QED) is 0.342. The summed E-state index contributed by atoms with van der Waals surface area (Å²) in [5.41, 5.74) is 0. The number of rotatable bonds is 4. The molecule has 2 radical (unpaired) electrons. The zero-order valence-corrected chi connectivity index (χ0v) is 4.00. The fourth-order valence-electron chi connectivity index (χ4n) is 0.176. The van der Waals surface area contributed by atoms with Crippen LogP contribution in [0.15, 0.2) is 0 Å². The Hall–Kier alpha value is -0.240. The van der Waals surface area contributed by atoms with Crippen LogP contribution in [0.1, 0.15) is 0 Å². The van der Waals surface area contributed by atoms with Crippen molar-refractivity contribution in [2.45, 2.75) is 0 Å². The van der Waals surface area contributed by atoms with Crippen LogP contribution in [0.3, 0.4) is 0 Å². The molecule has 4 heteroatoms. The van der Waals surface area contributed by atoms with Crippen LogP contribution < -0.4 is 0 Å². The van der Waals surface area contributed by atoms with Gasteiger partial charge in [-0.2, -0.15) is 0 Å². The van der Waals surface area contributed by atoms with Gasteiger partial charge in [-0.15, -0.1) is 0 Å². The molecule has 0 saturated heterocycles. The first-order valence-corrected chi connectivity index (χ1v) is 1.99. The van der Waals surface area contributed by atoms with E-state index in [0.717, 1.165) is 6.15 Å². The summed E-state index contributed by atoms with van der Waals surface area (Å²) in [7, 11) is 6.38. The van der Waals surface area contributed by atoms with Gasteiger partial charge in [0.1, 0.15) is 0 Å². The molecular formula is C3H6B2O2. The Morgan fingerprint density at radius 3 is 3.00 bits per heavy atom. The summed E-state index contributed by atoms with van der Waals surface area (Å²) in [4.78, 5) is 0.